The summed E-state index contributed by atoms with van der Waals surface area (Å²) in [6.45, 7) is 6.06. The molecule has 0 unspecified atom stereocenters. The highest BCUT2D eigenvalue weighted by Crippen LogP contribution is 2.23. The second-order valence-corrected chi connectivity index (χ2v) is 5.33. The lowest BCUT2D eigenvalue weighted by Gasteiger charge is -2.26. The molecule has 1 fully saturated rings. The number of hydrogen-bond donors (Lipinski definition) is 1. The first kappa shape index (κ1) is 20.6. The van der Waals surface area contributed by atoms with E-state index in [0.29, 0.717) is 0 Å². The van der Waals surface area contributed by atoms with E-state index in [1.807, 2.05) is 54.6 Å². The Bertz CT molecular complexity index is 561. The zero-order chi connectivity index (χ0) is 15.0. The maximum atomic E-state index is 5.80. The van der Waals surface area contributed by atoms with Gasteiger partial charge in [-0.3, -0.25) is 4.90 Å². The van der Waals surface area contributed by atoms with Crippen LogP contribution in [0.4, 0.5) is 0 Å². The van der Waals surface area contributed by atoms with Crippen molar-refractivity contribution < 1.29 is 9.47 Å². The third-order valence-electron chi connectivity index (χ3n) is 3.69. The molecular weight excluding hydrogens is 347 g/mol. The topological polar surface area (TPSA) is 33.7 Å². The van der Waals surface area contributed by atoms with Crippen LogP contribution >= 0.6 is 24.8 Å². The number of para-hydroxylation sites is 1. The molecule has 132 valence electrons. The summed E-state index contributed by atoms with van der Waals surface area (Å²) in [6, 6.07) is 17.6. The number of piperazine rings is 1. The largest absolute Gasteiger partial charge is 0.492 e. The van der Waals surface area contributed by atoms with Gasteiger partial charge in [-0.2, -0.15) is 0 Å². The molecule has 2 aromatic rings. The Morgan fingerprint density at radius 1 is 0.792 bits per heavy atom. The maximum absolute atomic E-state index is 5.80. The zero-order valence-corrected chi connectivity index (χ0v) is 15.2. The third kappa shape index (κ3) is 6.57. The molecule has 1 aliphatic rings. The average Bonchev–Trinajstić information content (AvgIpc) is 2.58. The Morgan fingerprint density at radius 2 is 1.38 bits per heavy atom. The van der Waals surface area contributed by atoms with E-state index in [2.05, 4.69) is 10.2 Å². The van der Waals surface area contributed by atoms with Crippen molar-refractivity contribution in [3.8, 4) is 17.2 Å². The van der Waals surface area contributed by atoms with Crippen LogP contribution in [0.25, 0.3) is 0 Å². The molecule has 0 radical (unpaired) electrons. The first-order chi connectivity index (χ1) is 10.9. The molecule has 0 atom stereocenters. The second-order valence-electron chi connectivity index (χ2n) is 5.33. The van der Waals surface area contributed by atoms with Crippen molar-refractivity contribution in [3.63, 3.8) is 0 Å². The number of rotatable bonds is 6. The standard InChI is InChI=1S/C18H22N2O2.2ClH/c1-2-4-17(5-3-1)22-18-8-6-16(7-9-18)21-15-14-20-12-10-19-11-13-20;;/h1-9,19H,10-15H2;2*1H. The molecule has 0 aliphatic carbocycles. The quantitative estimate of drug-likeness (QED) is 0.841. The third-order valence-corrected chi connectivity index (χ3v) is 3.69. The van der Waals surface area contributed by atoms with Crippen LogP contribution in [0, 0.1) is 0 Å². The molecule has 3 rings (SSSR count). The first-order valence-corrected chi connectivity index (χ1v) is 7.79. The summed E-state index contributed by atoms with van der Waals surface area (Å²) in [5.41, 5.74) is 0. The van der Waals surface area contributed by atoms with Crippen molar-refractivity contribution in [2.24, 2.45) is 0 Å². The van der Waals surface area contributed by atoms with Crippen molar-refractivity contribution >= 4 is 24.8 Å². The van der Waals surface area contributed by atoms with Gasteiger partial charge in [-0.05, 0) is 36.4 Å². The van der Waals surface area contributed by atoms with E-state index in [-0.39, 0.29) is 24.8 Å². The van der Waals surface area contributed by atoms with Crippen LogP contribution in [0.1, 0.15) is 0 Å². The molecule has 0 saturated carbocycles. The molecule has 0 bridgehead atoms. The molecule has 0 aromatic heterocycles. The van der Waals surface area contributed by atoms with Gasteiger partial charge in [0, 0.05) is 32.7 Å². The number of benzene rings is 2. The van der Waals surface area contributed by atoms with Crippen molar-refractivity contribution in [1.29, 1.82) is 0 Å². The van der Waals surface area contributed by atoms with Crippen LogP contribution in [0.15, 0.2) is 54.6 Å². The molecule has 1 aliphatic heterocycles. The van der Waals surface area contributed by atoms with E-state index in [1.54, 1.807) is 0 Å². The van der Waals surface area contributed by atoms with E-state index in [1.165, 1.54) is 0 Å². The summed E-state index contributed by atoms with van der Waals surface area (Å²) >= 11 is 0. The van der Waals surface area contributed by atoms with Gasteiger partial charge in [0.15, 0.2) is 0 Å². The van der Waals surface area contributed by atoms with E-state index in [0.717, 1.165) is 56.6 Å². The molecule has 1 saturated heterocycles. The maximum Gasteiger partial charge on any atom is 0.127 e. The summed E-state index contributed by atoms with van der Waals surface area (Å²) in [6.07, 6.45) is 0. The highest BCUT2D eigenvalue weighted by Gasteiger charge is 2.08. The fraction of sp³-hybridized carbons (Fsp3) is 0.333. The van der Waals surface area contributed by atoms with Crippen molar-refractivity contribution in [2.75, 3.05) is 39.3 Å². The number of hydrogen-bond acceptors (Lipinski definition) is 4. The van der Waals surface area contributed by atoms with Crippen molar-refractivity contribution in [3.05, 3.63) is 54.6 Å². The molecule has 6 heteroatoms. The highest BCUT2D eigenvalue weighted by molar-refractivity contribution is 5.85. The molecular formula is C18H24Cl2N2O2. The SMILES string of the molecule is Cl.Cl.c1ccc(Oc2ccc(OCCN3CCNCC3)cc2)cc1. The molecule has 1 N–H and O–H groups in total. The summed E-state index contributed by atoms with van der Waals surface area (Å²) in [5, 5.41) is 3.35. The molecule has 4 nitrogen and oxygen atoms in total. The smallest absolute Gasteiger partial charge is 0.127 e. The Balaban J connectivity index is 0.00000144. The Labute approximate surface area is 156 Å². The van der Waals surface area contributed by atoms with Gasteiger partial charge >= 0.3 is 0 Å². The summed E-state index contributed by atoms with van der Waals surface area (Å²) in [7, 11) is 0. The van der Waals surface area contributed by atoms with Gasteiger partial charge in [0.2, 0.25) is 0 Å². The van der Waals surface area contributed by atoms with Crippen molar-refractivity contribution in [2.45, 2.75) is 0 Å². The second kappa shape index (κ2) is 11.2. The van der Waals surface area contributed by atoms with E-state index in [4.69, 9.17) is 9.47 Å². The van der Waals surface area contributed by atoms with Crippen LogP contribution in [0.2, 0.25) is 0 Å². The summed E-state index contributed by atoms with van der Waals surface area (Å²) in [5.74, 6) is 2.55. The van der Waals surface area contributed by atoms with E-state index < -0.39 is 0 Å². The number of ether oxygens (including phenoxy) is 2. The molecule has 2 aromatic carbocycles. The predicted molar refractivity (Wildman–Crippen MR) is 102 cm³/mol. The minimum atomic E-state index is 0. The number of nitrogens with zero attached hydrogens (tertiary/aromatic N) is 1. The lowest BCUT2D eigenvalue weighted by atomic mass is 10.3. The van der Waals surface area contributed by atoms with Gasteiger partial charge in [-0.25, -0.2) is 0 Å². The van der Waals surface area contributed by atoms with Gasteiger partial charge < -0.3 is 14.8 Å². The Hall–Kier alpha value is -1.46. The summed E-state index contributed by atoms with van der Waals surface area (Å²) in [4.78, 5) is 2.42. The van der Waals surface area contributed by atoms with Crippen LogP contribution in [-0.4, -0.2) is 44.2 Å². The Morgan fingerprint density at radius 3 is 2.04 bits per heavy atom. The lowest BCUT2D eigenvalue weighted by Crippen LogP contribution is -2.44. The van der Waals surface area contributed by atoms with Crippen LogP contribution in [0.3, 0.4) is 0 Å². The molecule has 0 amide bonds. The Kier molecular flexibility index (Phi) is 9.57. The fourth-order valence-corrected chi connectivity index (χ4v) is 2.46. The summed E-state index contributed by atoms with van der Waals surface area (Å²) < 4.78 is 11.6. The van der Waals surface area contributed by atoms with Crippen molar-refractivity contribution in [1.82, 2.24) is 10.2 Å². The van der Waals surface area contributed by atoms with E-state index >= 15 is 0 Å². The normalized spacial score (nSPS) is 14.2. The molecule has 24 heavy (non-hydrogen) atoms. The van der Waals surface area contributed by atoms with Gasteiger partial charge in [-0.1, -0.05) is 18.2 Å². The van der Waals surface area contributed by atoms with Gasteiger partial charge in [0.25, 0.3) is 0 Å². The van der Waals surface area contributed by atoms with Crippen LogP contribution in [-0.2, 0) is 0 Å². The minimum Gasteiger partial charge on any atom is -0.492 e. The first-order valence-electron chi connectivity index (χ1n) is 7.79. The zero-order valence-electron chi connectivity index (χ0n) is 13.5. The molecule has 1 heterocycles. The minimum absolute atomic E-state index is 0. The average molecular weight is 371 g/mol. The van der Waals surface area contributed by atoms with Gasteiger partial charge in [0.05, 0.1) is 0 Å². The number of nitrogens with one attached hydrogen (secondary N) is 1. The van der Waals surface area contributed by atoms with Gasteiger partial charge in [-0.15, -0.1) is 24.8 Å². The van der Waals surface area contributed by atoms with Gasteiger partial charge in [0.1, 0.15) is 23.9 Å². The van der Waals surface area contributed by atoms with Crippen LogP contribution < -0.4 is 14.8 Å². The predicted octanol–water partition coefficient (Wildman–Crippen LogP) is 3.61. The monoisotopic (exact) mass is 370 g/mol. The van der Waals surface area contributed by atoms with Crippen LogP contribution in [0.5, 0.6) is 17.2 Å². The van der Waals surface area contributed by atoms with E-state index in [9.17, 15) is 0 Å². The fourth-order valence-electron chi connectivity index (χ4n) is 2.46. The lowest BCUT2D eigenvalue weighted by molar-refractivity contribution is 0.191. The number of halogens is 2. The molecule has 0 spiro atoms. The highest BCUT2D eigenvalue weighted by atomic mass is 35.5.